The van der Waals surface area contributed by atoms with Crippen LogP contribution in [0.4, 0.5) is 8.78 Å². The van der Waals surface area contributed by atoms with Gasteiger partial charge in [0.1, 0.15) is 23.2 Å². The van der Waals surface area contributed by atoms with Crippen molar-refractivity contribution in [2.45, 2.75) is 40.2 Å². The third kappa shape index (κ3) is 4.27. The van der Waals surface area contributed by atoms with E-state index in [1.807, 2.05) is 0 Å². The van der Waals surface area contributed by atoms with Gasteiger partial charge in [0, 0.05) is 6.54 Å². The molecule has 1 aromatic heterocycles. The van der Waals surface area contributed by atoms with E-state index in [9.17, 15) is 13.6 Å². The first-order chi connectivity index (χ1) is 13.8. The lowest BCUT2D eigenvalue weighted by molar-refractivity contribution is 0.274. The highest BCUT2D eigenvalue weighted by Gasteiger charge is 2.20. The number of hydrogen-bond acceptors (Lipinski definition) is 4. The maximum absolute atomic E-state index is 14.1. The summed E-state index contributed by atoms with van der Waals surface area (Å²) in [7, 11) is 0. The molecule has 0 aliphatic heterocycles. The number of nitrogens with zero attached hydrogens (tertiary/aromatic N) is 3. The Bertz CT molecular complexity index is 1160. The van der Waals surface area contributed by atoms with Crippen molar-refractivity contribution < 1.29 is 13.5 Å². The Hall–Kier alpha value is -3.27. The average molecular weight is 397 g/mol. The summed E-state index contributed by atoms with van der Waals surface area (Å²) in [5.74, 6) is -2.15. The lowest BCUT2D eigenvalue weighted by atomic mass is 9.88. The van der Waals surface area contributed by atoms with Crippen LogP contribution in [0.5, 0.6) is 11.5 Å². The normalized spacial score (nSPS) is 11.4. The van der Waals surface area contributed by atoms with Gasteiger partial charge in [-0.25, -0.2) is 13.8 Å². The van der Waals surface area contributed by atoms with E-state index in [1.165, 1.54) is 18.5 Å². The molecule has 0 unspecified atom stereocenters. The molecule has 0 atom stereocenters. The summed E-state index contributed by atoms with van der Waals surface area (Å²) >= 11 is 0. The predicted octanol–water partition coefficient (Wildman–Crippen LogP) is 5.16. The van der Waals surface area contributed by atoms with E-state index in [4.69, 9.17) is 10.00 Å². The monoisotopic (exact) mass is 397 g/mol. The summed E-state index contributed by atoms with van der Waals surface area (Å²) in [5.41, 5.74) is -0.388. The van der Waals surface area contributed by atoms with Crippen molar-refractivity contribution in [2.75, 3.05) is 0 Å². The van der Waals surface area contributed by atoms with Gasteiger partial charge in [-0.15, -0.1) is 0 Å². The fraction of sp³-hybridized carbons (Fsp3) is 0.318. The second-order valence-electron chi connectivity index (χ2n) is 7.72. The minimum absolute atomic E-state index is 0.0750. The van der Waals surface area contributed by atoms with Gasteiger partial charge >= 0.3 is 0 Å². The highest BCUT2D eigenvalue weighted by molar-refractivity contribution is 5.79. The van der Waals surface area contributed by atoms with Crippen LogP contribution in [0.2, 0.25) is 0 Å². The minimum atomic E-state index is -0.883. The molecule has 5 nitrogen and oxygen atoms in total. The molecule has 2 aromatic carbocycles. The molecule has 0 aliphatic rings. The molecule has 3 rings (SSSR count). The zero-order valence-corrected chi connectivity index (χ0v) is 16.5. The van der Waals surface area contributed by atoms with Gasteiger partial charge in [-0.1, -0.05) is 27.2 Å². The van der Waals surface area contributed by atoms with Gasteiger partial charge in [0.05, 0.1) is 17.2 Å². The number of hydrogen-bond donors (Lipinski definition) is 0. The van der Waals surface area contributed by atoms with E-state index < -0.39 is 22.9 Å². The fourth-order valence-electron chi connectivity index (χ4n) is 3.39. The second kappa shape index (κ2) is 8.00. The molecule has 0 bridgehead atoms. The standard InChI is InChI=1S/C22H21F2N3O2/c1-4-9-22(2,3)12-27-13-26-19-8-5-14(10-15(19)21(27)28)29-20-16(11-25)17(23)6-7-18(20)24/h5-8,10,13H,4,9,12H2,1-3H3. The van der Waals surface area contributed by atoms with E-state index in [0.29, 0.717) is 17.4 Å². The smallest absolute Gasteiger partial charge is 0.261 e. The summed E-state index contributed by atoms with van der Waals surface area (Å²) in [6.45, 7) is 6.77. The first-order valence-electron chi connectivity index (χ1n) is 9.31. The number of nitriles is 1. The van der Waals surface area contributed by atoms with Crippen LogP contribution in [0.1, 0.15) is 39.2 Å². The molecule has 0 saturated heterocycles. The van der Waals surface area contributed by atoms with Crippen LogP contribution in [-0.4, -0.2) is 9.55 Å². The topological polar surface area (TPSA) is 67.9 Å². The SMILES string of the molecule is CCCC(C)(C)Cn1cnc2ccc(Oc3c(F)ccc(F)c3C#N)cc2c1=O. The molecule has 7 heteroatoms. The summed E-state index contributed by atoms with van der Waals surface area (Å²) < 4.78 is 34.9. The van der Waals surface area contributed by atoms with Crippen molar-refractivity contribution >= 4 is 10.9 Å². The van der Waals surface area contributed by atoms with Gasteiger partial charge in [0.25, 0.3) is 5.56 Å². The molecule has 0 radical (unpaired) electrons. The number of benzene rings is 2. The van der Waals surface area contributed by atoms with E-state index in [1.54, 1.807) is 16.7 Å². The highest BCUT2D eigenvalue weighted by Crippen LogP contribution is 2.31. The van der Waals surface area contributed by atoms with Gasteiger partial charge in [0.15, 0.2) is 11.6 Å². The Labute approximate surface area is 167 Å². The van der Waals surface area contributed by atoms with Gasteiger partial charge < -0.3 is 4.74 Å². The van der Waals surface area contributed by atoms with Crippen LogP contribution >= 0.6 is 0 Å². The van der Waals surface area contributed by atoms with E-state index in [0.717, 1.165) is 25.0 Å². The van der Waals surface area contributed by atoms with Crippen LogP contribution in [0.15, 0.2) is 41.5 Å². The van der Waals surface area contributed by atoms with Gasteiger partial charge in [0.2, 0.25) is 0 Å². The Balaban J connectivity index is 2.03. The zero-order chi connectivity index (χ0) is 21.2. The quantitative estimate of drug-likeness (QED) is 0.576. The van der Waals surface area contributed by atoms with Crippen LogP contribution in [-0.2, 0) is 6.54 Å². The third-order valence-corrected chi connectivity index (χ3v) is 4.71. The van der Waals surface area contributed by atoms with Crippen molar-refractivity contribution in [2.24, 2.45) is 5.41 Å². The van der Waals surface area contributed by atoms with Gasteiger partial charge in [-0.2, -0.15) is 5.26 Å². The molecule has 29 heavy (non-hydrogen) atoms. The van der Waals surface area contributed by atoms with Crippen LogP contribution < -0.4 is 10.3 Å². The molecule has 0 spiro atoms. The third-order valence-electron chi connectivity index (χ3n) is 4.71. The molecule has 3 aromatic rings. The van der Waals surface area contributed by atoms with E-state index >= 15 is 0 Å². The fourth-order valence-corrected chi connectivity index (χ4v) is 3.39. The number of aromatic nitrogens is 2. The highest BCUT2D eigenvalue weighted by atomic mass is 19.1. The van der Waals surface area contributed by atoms with Crippen molar-refractivity contribution in [1.29, 1.82) is 5.26 Å². The van der Waals surface area contributed by atoms with Crippen molar-refractivity contribution in [1.82, 2.24) is 9.55 Å². The Kier molecular flexibility index (Phi) is 5.64. The Morgan fingerprint density at radius 3 is 2.62 bits per heavy atom. The van der Waals surface area contributed by atoms with Crippen LogP contribution in [0.25, 0.3) is 10.9 Å². The summed E-state index contributed by atoms with van der Waals surface area (Å²) in [6.07, 6.45) is 3.47. The van der Waals surface area contributed by atoms with Crippen molar-refractivity contribution in [3.8, 4) is 17.6 Å². The maximum atomic E-state index is 14.1. The minimum Gasteiger partial charge on any atom is -0.453 e. The van der Waals surface area contributed by atoms with Crippen LogP contribution in [0.3, 0.4) is 0 Å². The number of ether oxygens (including phenoxy) is 1. The Morgan fingerprint density at radius 2 is 1.93 bits per heavy atom. The first-order valence-corrected chi connectivity index (χ1v) is 9.31. The largest absolute Gasteiger partial charge is 0.453 e. The molecule has 1 heterocycles. The summed E-state index contributed by atoms with van der Waals surface area (Å²) in [6, 6.07) is 7.84. The lowest BCUT2D eigenvalue weighted by Gasteiger charge is -2.24. The zero-order valence-electron chi connectivity index (χ0n) is 16.5. The Morgan fingerprint density at radius 1 is 1.21 bits per heavy atom. The first kappa shape index (κ1) is 20.5. The maximum Gasteiger partial charge on any atom is 0.261 e. The number of halogens is 2. The van der Waals surface area contributed by atoms with E-state index in [-0.39, 0.29) is 16.7 Å². The molecular formula is C22H21F2N3O2. The molecule has 0 saturated carbocycles. The number of rotatable bonds is 6. The second-order valence-corrected chi connectivity index (χ2v) is 7.72. The average Bonchev–Trinajstić information content (AvgIpc) is 2.67. The van der Waals surface area contributed by atoms with Crippen LogP contribution in [0, 0.1) is 28.4 Å². The van der Waals surface area contributed by atoms with Crippen molar-refractivity contribution in [3.63, 3.8) is 0 Å². The van der Waals surface area contributed by atoms with Gasteiger partial charge in [-0.05, 0) is 42.2 Å². The molecule has 0 N–H and O–H groups in total. The van der Waals surface area contributed by atoms with Crippen molar-refractivity contribution in [3.05, 3.63) is 64.2 Å². The summed E-state index contributed by atoms with van der Waals surface area (Å²) in [5, 5.41) is 9.40. The molecular weight excluding hydrogens is 376 g/mol. The van der Waals surface area contributed by atoms with Gasteiger partial charge in [-0.3, -0.25) is 9.36 Å². The molecule has 0 amide bonds. The number of fused-ring (bicyclic) bond motifs is 1. The molecule has 150 valence electrons. The predicted molar refractivity (Wildman–Crippen MR) is 106 cm³/mol. The summed E-state index contributed by atoms with van der Waals surface area (Å²) in [4.78, 5) is 17.3. The van der Waals surface area contributed by atoms with E-state index in [2.05, 4.69) is 25.8 Å². The lowest BCUT2D eigenvalue weighted by Crippen LogP contribution is -2.28. The molecule has 0 fully saturated rings. The molecule has 0 aliphatic carbocycles.